The highest BCUT2D eigenvalue weighted by Gasteiger charge is 2.31. The van der Waals surface area contributed by atoms with Gasteiger partial charge in [0.1, 0.15) is 0 Å². The van der Waals surface area contributed by atoms with E-state index in [1.165, 1.54) is 12.1 Å². The van der Waals surface area contributed by atoms with E-state index < -0.39 is 17.6 Å². The summed E-state index contributed by atoms with van der Waals surface area (Å²) in [6.45, 7) is 0.901. The number of carbonyl (C=O) groups excluding carboxylic acids is 2. The highest BCUT2D eigenvalue weighted by atomic mass is 19.4. The van der Waals surface area contributed by atoms with Gasteiger partial charge in [0.2, 0.25) is 0 Å². The largest absolute Gasteiger partial charge is 0.416 e. The summed E-state index contributed by atoms with van der Waals surface area (Å²) in [7, 11) is 0. The Morgan fingerprint density at radius 3 is 2.29 bits per heavy atom. The number of anilines is 1. The van der Waals surface area contributed by atoms with Crippen molar-refractivity contribution in [1.29, 1.82) is 0 Å². The number of hydrogen-bond donors (Lipinski definition) is 2. The van der Waals surface area contributed by atoms with Gasteiger partial charge in [-0.05, 0) is 43.2 Å². The summed E-state index contributed by atoms with van der Waals surface area (Å²) < 4.78 is 38.4. The Bertz CT molecular complexity index is 832. The van der Waals surface area contributed by atoms with Crippen LogP contribution in [0.15, 0.2) is 54.6 Å². The number of piperidine rings is 1. The number of urea groups is 1. The minimum atomic E-state index is -4.49. The van der Waals surface area contributed by atoms with Crippen molar-refractivity contribution < 1.29 is 22.8 Å². The molecule has 0 atom stereocenters. The van der Waals surface area contributed by atoms with Crippen LogP contribution in [0.3, 0.4) is 0 Å². The first-order valence-corrected chi connectivity index (χ1v) is 8.92. The van der Waals surface area contributed by atoms with Crippen LogP contribution in [0.5, 0.6) is 0 Å². The van der Waals surface area contributed by atoms with E-state index in [-0.39, 0.29) is 17.6 Å². The fourth-order valence-electron chi connectivity index (χ4n) is 3.06. The van der Waals surface area contributed by atoms with Crippen molar-refractivity contribution in [1.82, 2.24) is 10.2 Å². The molecular weight excluding hydrogens is 371 g/mol. The quantitative estimate of drug-likeness (QED) is 0.827. The van der Waals surface area contributed by atoms with Crippen LogP contribution in [-0.4, -0.2) is 36.0 Å². The molecule has 1 aliphatic heterocycles. The molecule has 3 rings (SSSR count). The molecule has 0 spiro atoms. The molecule has 2 aromatic rings. The van der Waals surface area contributed by atoms with Crippen molar-refractivity contribution in [3.8, 4) is 0 Å². The van der Waals surface area contributed by atoms with Gasteiger partial charge in [-0.1, -0.05) is 24.3 Å². The highest BCUT2D eigenvalue weighted by molar-refractivity contribution is 5.94. The van der Waals surface area contributed by atoms with Gasteiger partial charge < -0.3 is 15.5 Å². The van der Waals surface area contributed by atoms with Crippen molar-refractivity contribution in [3.05, 3.63) is 65.7 Å². The van der Waals surface area contributed by atoms with E-state index in [0.717, 1.165) is 12.1 Å². The summed E-state index contributed by atoms with van der Waals surface area (Å²) >= 11 is 0. The number of alkyl halides is 3. The summed E-state index contributed by atoms with van der Waals surface area (Å²) in [5.74, 6) is -0.543. The molecular formula is C20H20F3N3O2. The van der Waals surface area contributed by atoms with E-state index in [9.17, 15) is 22.8 Å². The Morgan fingerprint density at radius 2 is 1.64 bits per heavy atom. The van der Waals surface area contributed by atoms with Gasteiger partial charge in [-0.3, -0.25) is 4.79 Å². The molecule has 0 unspecified atom stereocenters. The van der Waals surface area contributed by atoms with Gasteiger partial charge in [0.25, 0.3) is 5.91 Å². The second-order valence-electron chi connectivity index (χ2n) is 6.61. The minimum Gasteiger partial charge on any atom is -0.349 e. The number of halogens is 3. The number of nitrogens with zero attached hydrogens (tertiary/aromatic N) is 1. The van der Waals surface area contributed by atoms with Crippen molar-refractivity contribution in [2.24, 2.45) is 0 Å². The summed E-state index contributed by atoms with van der Waals surface area (Å²) in [6.07, 6.45) is -3.42. The zero-order valence-electron chi connectivity index (χ0n) is 15.0. The number of carbonyl (C=O) groups is 2. The first-order chi connectivity index (χ1) is 13.3. The van der Waals surface area contributed by atoms with Gasteiger partial charge in [0, 0.05) is 30.4 Å². The van der Waals surface area contributed by atoms with E-state index in [0.29, 0.717) is 31.6 Å². The molecule has 0 saturated carbocycles. The van der Waals surface area contributed by atoms with Crippen LogP contribution in [-0.2, 0) is 6.18 Å². The van der Waals surface area contributed by atoms with Crippen LogP contribution in [0.2, 0.25) is 0 Å². The lowest BCUT2D eigenvalue weighted by molar-refractivity contribution is -0.137. The zero-order valence-corrected chi connectivity index (χ0v) is 15.0. The number of likely N-dealkylation sites (tertiary alicyclic amines) is 1. The van der Waals surface area contributed by atoms with E-state index in [2.05, 4.69) is 10.6 Å². The molecule has 1 fully saturated rings. The first-order valence-electron chi connectivity index (χ1n) is 8.92. The summed E-state index contributed by atoms with van der Waals surface area (Å²) in [5.41, 5.74) is -0.181. The normalized spacial score (nSPS) is 15.2. The molecule has 1 heterocycles. The molecule has 0 aliphatic carbocycles. The highest BCUT2D eigenvalue weighted by Crippen LogP contribution is 2.29. The van der Waals surface area contributed by atoms with Crippen molar-refractivity contribution in [3.63, 3.8) is 0 Å². The van der Waals surface area contributed by atoms with Gasteiger partial charge in [0.15, 0.2) is 0 Å². The molecule has 28 heavy (non-hydrogen) atoms. The maximum atomic E-state index is 12.8. The SMILES string of the molecule is O=C(NC1CCN(C(=O)Nc2ccccc2)CC1)c1cccc(C(F)(F)F)c1. The van der Waals surface area contributed by atoms with Gasteiger partial charge in [-0.25, -0.2) is 4.79 Å². The monoisotopic (exact) mass is 391 g/mol. The van der Waals surface area contributed by atoms with Crippen molar-refractivity contribution in [2.45, 2.75) is 25.1 Å². The number of para-hydroxylation sites is 1. The van der Waals surface area contributed by atoms with Crippen LogP contribution in [0, 0.1) is 0 Å². The number of amides is 3. The minimum absolute atomic E-state index is 0.0286. The molecule has 5 nitrogen and oxygen atoms in total. The third-order valence-corrected chi connectivity index (χ3v) is 4.59. The van der Waals surface area contributed by atoms with Crippen molar-refractivity contribution >= 4 is 17.6 Å². The Morgan fingerprint density at radius 1 is 0.964 bits per heavy atom. The van der Waals surface area contributed by atoms with Crippen LogP contribution in [0.1, 0.15) is 28.8 Å². The lowest BCUT2D eigenvalue weighted by atomic mass is 10.0. The number of benzene rings is 2. The third kappa shape index (κ3) is 5.03. The molecule has 1 saturated heterocycles. The van der Waals surface area contributed by atoms with Crippen molar-refractivity contribution in [2.75, 3.05) is 18.4 Å². The second kappa shape index (κ2) is 8.33. The van der Waals surface area contributed by atoms with E-state index >= 15 is 0 Å². The average Bonchev–Trinajstić information content (AvgIpc) is 2.69. The maximum absolute atomic E-state index is 12.8. The predicted octanol–water partition coefficient (Wildman–Crippen LogP) is 4.13. The van der Waals surface area contributed by atoms with E-state index in [4.69, 9.17) is 0 Å². The molecule has 3 amide bonds. The lowest BCUT2D eigenvalue weighted by Crippen LogP contribution is -2.47. The van der Waals surface area contributed by atoms with Gasteiger partial charge in [0.05, 0.1) is 5.56 Å². The molecule has 0 aromatic heterocycles. The summed E-state index contributed by atoms with van der Waals surface area (Å²) in [5, 5.41) is 5.56. The first kappa shape index (κ1) is 19.7. The molecule has 2 aromatic carbocycles. The Hall–Kier alpha value is -3.03. The third-order valence-electron chi connectivity index (χ3n) is 4.59. The fourth-order valence-corrected chi connectivity index (χ4v) is 3.06. The summed E-state index contributed by atoms with van der Waals surface area (Å²) in [4.78, 5) is 26.2. The Kier molecular flexibility index (Phi) is 5.87. The van der Waals surface area contributed by atoms with Crippen LogP contribution >= 0.6 is 0 Å². The molecule has 1 aliphatic rings. The second-order valence-corrected chi connectivity index (χ2v) is 6.61. The maximum Gasteiger partial charge on any atom is 0.416 e. The van der Waals surface area contributed by atoms with Gasteiger partial charge >= 0.3 is 12.2 Å². The van der Waals surface area contributed by atoms with E-state index in [1.54, 1.807) is 17.0 Å². The van der Waals surface area contributed by atoms with E-state index in [1.807, 2.05) is 18.2 Å². The fraction of sp³-hybridized carbons (Fsp3) is 0.300. The Labute approximate surface area is 160 Å². The Balaban J connectivity index is 1.51. The number of rotatable bonds is 3. The molecule has 8 heteroatoms. The lowest BCUT2D eigenvalue weighted by Gasteiger charge is -2.32. The predicted molar refractivity (Wildman–Crippen MR) is 99.0 cm³/mol. The van der Waals surface area contributed by atoms with Crippen LogP contribution in [0.4, 0.5) is 23.7 Å². The van der Waals surface area contributed by atoms with Crippen LogP contribution < -0.4 is 10.6 Å². The van der Waals surface area contributed by atoms with Gasteiger partial charge in [-0.2, -0.15) is 13.2 Å². The standard InChI is InChI=1S/C20H20F3N3O2/c21-20(22,23)15-6-4-5-14(13-15)18(27)24-17-9-11-26(12-10-17)19(28)25-16-7-2-1-3-8-16/h1-8,13,17H,9-12H2,(H,24,27)(H,25,28). The molecule has 148 valence electrons. The zero-order chi connectivity index (χ0) is 20.1. The molecule has 0 radical (unpaired) electrons. The summed E-state index contributed by atoms with van der Waals surface area (Å²) in [6, 6.07) is 13.0. The molecule has 2 N–H and O–H groups in total. The smallest absolute Gasteiger partial charge is 0.349 e. The average molecular weight is 391 g/mol. The number of nitrogens with one attached hydrogen (secondary N) is 2. The topological polar surface area (TPSA) is 61.4 Å². The van der Waals surface area contributed by atoms with Crippen LogP contribution in [0.25, 0.3) is 0 Å². The number of hydrogen-bond acceptors (Lipinski definition) is 2. The molecule has 0 bridgehead atoms. The van der Waals surface area contributed by atoms with Gasteiger partial charge in [-0.15, -0.1) is 0 Å².